The first-order chi connectivity index (χ1) is 9.62. The summed E-state index contributed by atoms with van der Waals surface area (Å²) in [5, 5.41) is 18.2. The number of esters is 1. The van der Waals surface area contributed by atoms with Crippen LogP contribution in [-0.4, -0.2) is 23.9 Å². The maximum Gasteiger partial charge on any atom is 0.306 e. The first kappa shape index (κ1) is 14.9. The fourth-order valence-corrected chi connectivity index (χ4v) is 3.32. The largest absolute Gasteiger partial charge is 0.469 e. The summed E-state index contributed by atoms with van der Waals surface area (Å²) in [5.74, 6) is 0.647. The molecule has 0 unspecified atom stereocenters. The van der Waals surface area contributed by atoms with Gasteiger partial charge in [0, 0.05) is 10.6 Å². The number of hydrogen-bond acceptors (Lipinski definition) is 5. The number of nitrogens with zero attached hydrogens (tertiary/aromatic N) is 1. The van der Waals surface area contributed by atoms with Gasteiger partial charge in [0.1, 0.15) is 6.07 Å². The molecule has 0 bridgehead atoms. The fraction of sp³-hybridized carbons (Fsp3) is 0.467. The van der Waals surface area contributed by atoms with Gasteiger partial charge in [-0.15, -0.1) is 11.8 Å². The lowest BCUT2D eigenvalue weighted by Gasteiger charge is -2.13. The molecule has 0 heterocycles. The molecule has 1 aromatic rings. The van der Waals surface area contributed by atoms with E-state index in [1.54, 1.807) is 17.8 Å². The molecule has 5 heteroatoms. The molecule has 1 fully saturated rings. The van der Waals surface area contributed by atoms with E-state index in [0.717, 1.165) is 29.1 Å². The van der Waals surface area contributed by atoms with Gasteiger partial charge in [-0.1, -0.05) is 6.07 Å². The van der Waals surface area contributed by atoms with Gasteiger partial charge in [-0.05, 0) is 36.0 Å². The van der Waals surface area contributed by atoms with Gasteiger partial charge in [0.25, 0.3) is 0 Å². The molecule has 0 radical (unpaired) electrons. The number of carbonyl (C=O) groups is 1. The molecule has 2 rings (SSSR count). The number of hydrogen-bond donors (Lipinski definition) is 1. The fourth-order valence-electron chi connectivity index (χ4n) is 2.05. The standard InChI is InChI=1S/C15H17NO3S/c1-19-14(18)7-15(4-5-15)10-20-13-3-2-11(9-17)6-12(13)8-16/h2-3,6,17H,4-5,7,9-10H2,1H3. The summed E-state index contributed by atoms with van der Waals surface area (Å²) >= 11 is 1.60. The van der Waals surface area contributed by atoms with Gasteiger partial charge in [0.05, 0.1) is 25.7 Å². The van der Waals surface area contributed by atoms with E-state index in [0.29, 0.717) is 12.0 Å². The van der Waals surface area contributed by atoms with Crippen LogP contribution >= 0.6 is 11.8 Å². The molecular formula is C15H17NO3S. The average Bonchev–Trinajstić information content (AvgIpc) is 3.24. The van der Waals surface area contributed by atoms with Gasteiger partial charge in [-0.3, -0.25) is 4.79 Å². The first-order valence-electron chi connectivity index (χ1n) is 6.46. The number of nitriles is 1. The minimum atomic E-state index is -0.167. The van der Waals surface area contributed by atoms with Crippen LogP contribution in [0, 0.1) is 16.7 Å². The number of aliphatic hydroxyl groups is 1. The van der Waals surface area contributed by atoms with Crippen molar-refractivity contribution in [3.63, 3.8) is 0 Å². The summed E-state index contributed by atoms with van der Waals surface area (Å²) in [6, 6.07) is 7.55. The highest BCUT2D eigenvalue weighted by molar-refractivity contribution is 7.99. The predicted octanol–water partition coefficient (Wildman–Crippen LogP) is 2.49. The molecule has 0 aliphatic heterocycles. The number of ether oxygens (including phenoxy) is 1. The van der Waals surface area contributed by atoms with Crippen molar-refractivity contribution in [3.8, 4) is 6.07 Å². The Labute approximate surface area is 122 Å². The minimum Gasteiger partial charge on any atom is -0.469 e. The third kappa shape index (κ3) is 3.53. The normalized spacial score (nSPS) is 15.4. The molecular weight excluding hydrogens is 274 g/mol. The molecule has 1 saturated carbocycles. The van der Waals surface area contributed by atoms with E-state index >= 15 is 0 Å². The summed E-state index contributed by atoms with van der Waals surface area (Å²) in [5.41, 5.74) is 1.36. The lowest BCUT2D eigenvalue weighted by molar-refractivity contribution is -0.141. The zero-order chi connectivity index (χ0) is 14.6. The van der Waals surface area contributed by atoms with E-state index in [1.807, 2.05) is 12.1 Å². The van der Waals surface area contributed by atoms with Crippen LogP contribution in [0.3, 0.4) is 0 Å². The smallest absolute Gasteiger partial charge is 0.306 e. The van der Waals surface area contributed by atoms with Crippen LogP contribution in [0.15, 0.2) is 23.1 Å². The Morgan fingerprint density at radius 2 is 2.30 bits per heavy atom. The highest BCUT2D eigenvalue weighted by Gasteiger charge is 2.44. The number of rotatable bonds is 6. The molecule has 1 N–H and O–H groups in total. The van der Waals surface area contributed by atoms with Crippen LogP contribution < -0.4 is 0 Å². The number of methoxy groups -OCH3 is 1. The van der Waals surface area contributed by atoms with Crippen molar-refractivity contribution in [2.75, 3.05) is 12.9 Å². The Morgan fingerprint density at radius 1 is 1.55 bits per heavy atom. The summed E-state index contributed by atoms with van der Waals surface area (Å²) in [4.78, 5) is 12.3. The van der Waals surface area contributed by atoms with Crippen LogP contribution in [-0.2, 0) is 16.1 Å². The molecule has 0 spiro atoms. The third-order valence-electron chi connectivity index (χ3n) is 3.58. The Bertz CT molecular complexity index is 547. The second-order valence-corrected chi connectivity index (χ2v) is 6.16. The molecule has 1 aromatic carbocycles. The lowest BCUT2D eigenvalue weighted by atomic mass is 10.1. The molecule has 0 amide bonds. The predicted molar refractivity (Wildman–Crippen MR) is 76.1 cm³/mol. The van der Waals surface area contributed by atoms with Crippen molar-refractivity contribution in [1.29, 1.82) is 5.26 Å². The zero-order valence-corrected chi connectivity index (χ0v) is 12.2. The van der Waals surface area contributed by atoms with E-state index in [2.05, 4.69) is 6.07 Å². The van der Waals surface area contributed by atoms with Gasteiger partial charge in [0.15, 0.2) is 0 Å². The van der Waals surface area contributed by atoms with Crippen LogP contribution in [0.2, 0.25) is 0 Å². The number of carbonyl (C=O) groups excluding carboxylic acids is 1. The van der Waals surface area contributed by atoms with Crippen molar-refractivity contribution >= 4 is 17.7 Å². The van der Waals surface area contributed by atoms with E-state index in [4.69, 9.17) is 15.1 Å². The third-order valence-corrected chi connectivity index (χ3v) is 5.01. The Hall–Kier alpha value is -1.51. The van der Waals surface area contributed by atoms with Crippen molar-refractivity contribution in [2.24, 2.45) is 5.41 Å². The van der Waals surface area contributed by atoms with E-state index in [9.17, 15) is 4.79 Å². The van der Waals surface area contributed by atoms with Gasteiger partial charge >= 0.3 is 5.97 Å². The highest BCUT2D eigenvalue weighted by atomic mass is 32.2. The molecule has 1 aliphatic carbocycles. The molecule has 0 atom stereocenters. The monoisotopic (exact) mass is 291 g/mol. The number of aliphatic hydroxyl groups excluding tert-OH is 1. The molecule has 1 aliphatic rings. The number of thioether (sulfide) groups is 1. The quantitative estimate of drug-likeness (QED) is 0.644. The molecule has 106 valence electrons. The Kier molecular flexibility index (Phi) is 4.69. The van der Waals surface area contributed by atoms with Gasteiger partial charge in [-0.2, -0.15) is 5.26 Å². The van der Waals surface area contributed by atoms with Gasteiger partial charge in [0.2, 0.25) is 0 Å². The second kappa shape index (κ2) is 6.29. The van der Waals surface area contributed by atoms with Crippen LogP contribution in [0.25, 0.3) is 0 Å². The zero-order valence-electron chi connectivity index (χ0n) is 11.4. The van der Waals surface area contributed by atoms with Crippen molar-refractivity contribution in [2.45, 2.75) is 30.8 Å². The lowest BCUT2D eigenvalue weighted by Crippen LogP contribution is -2.13. The topological polar surface area (TPSA) is 70.3 Å². The van der Waals surface area contributed by atoms with Crippen LogP contribution in [0.4, 0.5) is 0 Å². The second-order valence-electron chi connectivity index (χ2n) is 5.14. The van der Waals surface area contributed by atoms with Crippen molar-refractivity contribution in [3.05, 3.63) is 29.3 Å². The molecule has 4 nitrogen and oxygen atoms in total. The molecule has 0 aromatic heterocycles. The van der Waals surface area contributed by atoms with E-state index < -0.39 is 0 Å². The average molecular weight is 291 g/mol. The molecule has 20 heavy (non-hydrogen) atoms. The summed E-state index contributed by atoms with van der Waals surface area (Å²) in [6.45, 7) is -0.0636. The first-order valence-corrected chi connectivity index (χ1v) is 7.44. The summed E-state index contributed by atoms with van der Waals surface area (Å²) in [6.07, 6.45) is 2.52. The minimum absolute atomic E-state index is 0.0418. The van der Waals surface area contributed by atoms with Gasteiger partial charge < -0.3 is 9.84 Å². The number of benzene rings is 1. The Morgan fingerprint density at radius 3 is 2.85 bits per heavy atom. The Balaban J connectivity index is 2.01. The van der Waals surface area contributed by atoms with E-state index in [-0.39, 0.29) is 18.0 Å². The van der Waals surface area contributed by atoms with Gasteiger partial charge in [-0.25, -0.2) is 0 Å². The molecule has 0 saturated heterocycles. The van der Waals surface area contributed by atoms with Crippen LogP contribution in [0.1, 0.15) is 30.4 Å². The van der Waals surface area contributed by atoms with E-state index in [1.165, 1.54) is 7.11 Å². The highest BCUT2D eigenvalue weighted by Crippen LogP contribution is 2.52. The van der Waals surface area contributed by atoms with Crippen molar-refractivity contribution in [1.82, 2.24) is 0 Å². The maximum atomic E-state index is 11.4. The summed E-state index contributed by atoms with van der Waals surface area (Å²) in [7, 11) is 1.41. The summed E-state index contributed by atoms with van der Waals surface area (Å²) < 4.78 is 4.72. The van der Waals surface area contributed by atoms with Crippen LogP contribution in [0.5, 0.6) is 0 Å². The maximum absolute atomic E-state index is 11.4. The SMILES string of the molecule is COC(=O)CC1(CSc2ccc(CO)cc2C#N)CC1. The van der Waals surface area contributed by atoms with Crippen molar-refractivity contribution < 1.29 is 14.6 Å².